The number of likely N-dealkylation sites (tertiary alicyclic amines) is 1. The summed E-state index contributed by atoms with van der Waals surface area (Å²) in [5, 5.41) is 10.8. The number of aliphatic hydroxyl groups is 1. The summed E-state index contributed by atoms with van der Waals surface area (Å²) in [7, 11) is 0. The van der Waals surface area contributed by atoms with Gasteiger partial charge in [0.1, 0.15) is 11.3 Å². The van der Waals surface area contributed by atoms with Crippen LogP contribution in [-0.4, -0.2) is 44.0 Å². The number of pyridine rings is 1. The van der Waals surface area contributed by atoms with Gasteiger partial charge in [0.2, 0.25) is 0 Å². The Bertz CT molecular complexity index is 917. The number of hydrogen-bond donors (Lipinski definition) is 1. The van der Waals surface area contributed by atoms with Crippen molar-refractivity contribution in [3.8, 4) is 0 Å². The smallest absolute Gasteiger partial charge is 0.272 e. The Labute approximate surface area is 152 Å². The number of carbonyl (C=O) groups is 1. The zero-order chi connectivity index (χ0) is 18.1. The molecule has 0 spiro atoms. The lowest BCUT2D eigenvalue weighted by Crippen LogP contribution is -2.52. The number of aromatic nitrogens is 2. The largest absolute Gasteiger partial charge is 0.390 e. The van der Waals surface area contributed by atoms with Gasteiger partial charge in [0.25, 0.3) is 5.91 Å². The standard InChI is InChI=1S/C21H23N3O2/c1-21(26)10-12-23(15-17(21)13-16-7-3-2-4-8-16)20(25)18-14-22-19-9-5-6-11-24(18)19/h2-9,11,14,17,26H,10,12-13,15H2,1H3/t17-,21+/m0/s1. The number of rotatable bonds is 3. The van der Waals surface area contributed by atoms with E-state index in [0.29, 0.717) is 25.2 Å². The minimum Gasteiger partial charge on any atom is -0.390 e. The van der Waals surface area contributed by atoms with Gasteiger partial charge in [-0.1, -0.05) is 36.4 Å². The molecule has 2 atom stereocenters. The zero-order valence-corrected chi connectivity index (χ0v) is 14.9. The van der Waals surface area contributed by atoms with Gasteiger partial charge in [0.15, 0.2) is 0 Å². The van der Waals surface area contributed by atoms with Gasteiger partial charge >= 0.3 is 0 Å². The molecule has 1 N–H and O–H groups in total. The van der Waals surface area contributed by atoms with Crippen LogP contribution in [0.15, 0.2) is 60.9 Å². The molecule has 0 bridgehead atoms. The third kappa shape index (κ3) is 3.10. The highest BCUT2D eigenvalue weighted by Crippen LogP contribution is 2.31. The van der Waals surface area contributed by atoms with E-state index in [9.17, 15) is 9.90 Å². The molecule has 26 heavy (non-hydrogen) atoms. The van der Waals surface area contributed by atoms with E-state index in [1.165, 1.54) is 5.56 Å². The maximum Gasteiger partial charge on any atom is 0.272 e. The second-order valence-electron chi connectivity index (χ2n) is 7.32. The van der Waals surface area contributed by atoms with Crippen molar-refractivity contribution in [2.45, 2.75) is 25.4 Å². The highest BCUT2D eigenvalue weighted by atomic mass is 16.3. The number of imidazole rings is 1. The molecule has 3 aromatic rings. The van der Waals surface area contributed by atoms with Crippen LogP contribution in [0.25, 0.3) is 5.65 Å². The molecular weight excluding hydrogens is 326 g/mol. The lowest BCUT2D eigenvalue weighted by molar-refractivity contribution is -0.0508. The van der Waals surface area contributed by atoms with E-state index in [2.05, 4.69) is 17.1 Å². The van der Waals surface area contributed by atoms with Crippen molar-refractivity contribution in [1.82, 2.24) is 14.3 Å². The summed E-state index contributed by atoms with van der Waals surface area (Å²) in [6.45, 7) is 2.98. The van der Waals surface area contributed by atoms with Gasteiger partial charge in [-0.15, -0.1) is 0 Å². The fraction of sp³-hybridized carbons (Fsp3) is 0.333. The quantitative estimate of drug-likeness (QED) is 0.791. The van der Waals surface area contributed by atoms with E-state index >= 15 is 0 Å². The fourth-order valence-electron chi connectivity index (χ4n) is 3.74. The Morgan fingerprint density at radius 3 is 2.81 bits per heavy atom. The summed E-state index contributed by atoms with van der Waals surface area (Å²) in [6.07, 6.45) is 4.82. The lowest BCUT2D eigenvalue weighted by Gasteiger charge is -2.42. The maximum atomic E-state index is 13.1. The van der Waals surface area contributed by atoms with Gasteiger partial charge in [-0.05, 0) is 37.5 Å². The van der Waals surface area contributed by atoms with Crippen LogP contribution in [0.5, 0.6) is 0 Å². The minimum absolute atomic E-state index is 0.00165. The van der Waals surface area contributed by atoms with Crippen molar-refractivity contribution in [3.05, 3.63) is 72.2 Å². The Kier molecular flexibility index (Phi) is 4.24. The van der Waals surface area contributed by atoms with Crippen molar-refractivity contribution >= 4 is 11.6 Å². The van der Waals surface area contributed by atoms with Crippen molar-refractivity contribution in [2.24, 2.45) is 5.92 Å². The summed E-state index contributed by atoms with van der Waals surface area (Å²) in [4.78, 5) is 19.2. The van der Waals surface area contributed by atoms with Crippen LogP contribution in [0.3, 0.4) is 0 Å². The monoisotopic (exact) mass is 349 g/mol. The van der Waals surface area contributed by atoms with Crippen LogP contribution < -0.4 is 0 Å². The molecule has 5 heteroatoms. The van der Waals surface area contributed by atoms with Crippen LogP contribution in [-0.2, 0) is 6.42 Å². The molecule has 1 aromatic carbocycles. The number of benzene rings is 1. The second-order valence-corrected chi connectivity index (χ2v) is 7.32. The molecule has 0 unspecified atom stereocenters. The van der Waals surface area contributed by atoms with Crippen LogP contribution in [0.2, 0.25) is 0 Å². The van der Waals surface area contributed by atoms with Crippen LogP contribution in [0.4, 0.5) is 0 Å². The van der Waals surface area contributed by atoms with Gasteiger partial charge in [-0.2, -0.15) is 0 Å². The van der Waals surface area contributed by atoms with Crippen molar-refractivity contribution in [2.75, 3.05) is 13.1 Å². The Hall–Kier alpha value is -2.66. The molecule has 1 aliphatic heterocycles. The molecule has 134 valence electrons. The van der Waals surface area contributed by atoms with E-state index in [0.717, 1.165) is 12.1 Å². The third-order valence-corrected chi connectivity index (χ3v) is 5.46. The van der Waals surface area contributed by atoms with Gasteiger partial charge in [0.05, 0.1) is 11.8 Å². The summed E-state index contributed by atoms with van der Waals surface area (Å²) >= 11 is 0. The zero-order valence-electron chi connectivity index (χ0n) is 14.9. The summed E-state index contributed by atoms with van der Waals surface area (Å²) in [5.74, 6) is -0.0287. The molecule has 0 radical (unpaired) electrons. The topological polar surface area (TPSA) is 57.8 Å². The SMILES string of the molecule is C[C@@]1(O)CCN(C(=O)c2cnc3ccccn23)C[C@@H]1Cc1ccccc1. The van der Waals surface area contributed by atoms with E-state index in [1.807, 2.05) is 58.8 Å². The Morgan fingerprint density at radius 2 is 2.00 bits per heavy atom. The van der Waals surface area contributed by atoms with E-state index < -0.39 is 5.60 Å². The second kappa shape index (κ2) is 6.57. The average Bonchev–Trinajstić information content (AvgIpc) is 3.08. The van der Waals surface area contributed by atoms with Gasteiger partial charge in [-0.25, -0.2) is 4.98 Å². The number of piperidine rings is 1. The molecule has 1 aliphatic rings. The van der Waals surface area contributed by atoms with Crippen LogP contribution >= 0.6 is 0 Å². The van der Waals surface area contributed by atoms with Crippen molar-refractivity contribution in [3.63, 3.8) is 0 Å². The molecule has 1 amide bonds. The maximum absolute atomic E-state index is 13.1. The highest BCUT2D eigenvalue weighted by Gasteiger charge is 2.39. The van der Waals surface area contributed by atoms with Gasteiger partial charge in [0, 0.05) is 25.2 Å². The van der Waals surface area contributed by atoms with Gasteiger partial charge in [-0.3, -0.25) is 9.20 Å². The molecule has 0 saturated carbocycles. The molecular formula is C21H23N3O2. The third-order valence-electron chi connectivity index (χ3n) is 5.46. The predicted octanol–water partition coefficient (Wildman–Crippen LogP) is 2.79. The average molecular weight is 349 g/mol. The van der Waals surface area contributed by atoms with Crippen LogP contribution in [0.1, 0.15) is 29.4 Å². The Balaban J connectivity index is 1.56. The highest BCUT2D eigenvalue weighted by molar-refractivity contribution is 5.93. The van der Waals surface area contributed by atoms with Crippen LogP contribution in [0, 0.1) is 5.92 Å². The normalized spacial score (nSPS) is 23.3. The van der Waals surface area contributed by atoms with E-state index in [1.54, 1.807) is 6.20 Å². The predicted molar refractivity (Wildman–Crippen MR) is 100.0 cm³/mol. The first-order chi connectivity index (χ1) is 12.5. The number of nitrogens with zero attached hydrogens (tertiary/aromatic N) is 3. The minimum atomic E-state index is -0.772. The molecule has 0 aliphatic carbocycles. The summed E-state index contributed by atoms with van der Waals surface area (Å²) in [6, 6.07) is 15.8. The fourth-order valence-corrected chi connectivity index (χ4v) is 3.74. The summed E-state index contributed by atoms with van der Waals surface area (Å²) in [5.41, 5.74) is 1.75. The van der Waals surface area contributed by atoms with E-state index in [4.69, 9.17) is 0 Å². The van der Waals surface area contributed by atoms with E-state index in [-0.39, 0.29) is 11.8 Å². The first kappa shape index (κ1) is 16.8. The number of amides is 1. The first-order valence-electron chi connectivity index (χ1n) is 9.02. The summed E-state index contributed by atoms with van der Waals surface area (Å²) < 4.78 is 1.82. The first-order valence-corrected chi connectivity index (χ1v) is 9.02. The molecule has 1 fully saturated rings. The van der Waals surface area contributed by atoms with Crippen molar-refractivity contribution in [1.29, 1.82) is 0 Å². The lowest BCUT2D eigenvalue weighted by atomic mass is 9.79. The molecule has 1 saturated heterocycles. The molecule has 4 rings (SSSR count). The molecule has 2 aromatic heterocycles. The number of hydrogen-bond acceptors (Lipinski definition) is 3. The number of carbonyl (C=O) groups excluding carboxylic acids is 1. The molecule has 3 heterocycles. The van der Waals surface area contributed by atoms with Gasteiger partial charge < -0.3 is 10.0 Å². The number of fused-ring (bicyclic) bond motifs is 1. The molecule has 5 nitrogen and oxygen atoms in total. The Morgan fingerprint density at radius 1 is 1.23 bits per heavy atom. The van der Waals surface area contributed by atoms with Crippen molar-refractivity contribution < 1.29 is 9.90 Å².